The summed E-state index contributed by atoms with van der Waals surface area (Å²) in [5.41, 5.74) is 6.69. The van der Waals surface area contributed by atoms with Gasteiger partial charge in [0.05, 0.1) is 5.92 Å². The lowest BCUT2D eigenvalue weighted by molar-refractivity contribution is -0.184. The van der Waals surface area contributed by atoms with Crippen molar-refractivity contribution in [3.05, 3.63) is 35.4 Å². The van der Waals surface area contributed by atoms with Gasteiger partial charge in [0.2, 0.25) is 0 Å². The molecule has 1 heterocycles. The van der Waals surface area contributed by atoms with E-state index in [2.05, 4.69) is 0 Å². The zero-order valence-electron chi connectivity index (χ0n) is 11.0. The standard InChI is InChI=1S/C14H17F3N2O/c15-14(16,17)12-5-2-6-19(9-12)13(20)11-4-1-3-10(7-11)8-18/h1,3-4,7,12H,2,5-6,8-9,18H2. The highest BCUT2D eigenvalue weighted by Crippen LogP contribution is 2.33. The second-order valence-corrected chi connectivity index (χ2v) is 5.04. The molecule has 1 unspecified atom stereocenters. The molecule has 110 valence electrons. The van der Waals surface area contributed by atoms with Gasteiger partial charge >= 0.3 is 6.18 Å². The van der Waals surface area contributed by atoms with Crippen LogP contribution in [0.1, 0.15) is 28.8 Å². The van der Waals surface area contributed by atoms with E-state index >= 15 is 0 Å². The summed E-state index contributed by atoms with van der Waals surface area (Å²) in [6.07, 6.45) is -3.76. The molecular formula is C14H17F3N2O. The van der Waals surface area contributed by atoms with Gasteiger partial charge in [-0.25, -0.2) is 0 Å². The van der Waals surface area contributed by atoms with Gasteiger partial charge in [0.25, 0.3) is 5.91 Å². The van der Waals surface area contributed by atoms with Gasteiger partial charge in [-0.15, -0.1) is 0 Å². The minimum Gasteiger partial charge on any atom is -0.338 e. The monoisotopic (exact) mass is 286 g/mol. The third-order valence-electron chi connectivity index (χ3n) is 3.58. The van der Waals surface area contributed by atoms with Crippen LogP contribution in [0, 0.1) is 5.92 Å². The van der Waals surface area contributed by atoms with Gasteiger partial charge in [-0.2, -0.15) is 13.2 Å². The molecule has 1 saturated heterocycles. The van der Waals surface area contributed by atoms with Gasteiger partial charge in [0.15, 0.2) is 0 Å². The Kier molecular flexibility index (Phi) is 4.32. The highest BCUT2D eigenvalue weighted by Gasteiger charge is 2.42. The predicted molar refractivity (Wildman–Crippen MR) is 69.0 cm³/mol. The van der Waals surface area contributed by atoms with Gasteiger partial charge in [0, 0.05) is 25.2 Å². The molecule has 6 heteroatoms. The Morgan fingerprint density at radius 2 is 2.15 bits per heavy atom. The fraction of sp³-hybridized carbons (Fsp3) is 0.500. The minimum absolute atomic E-state index is 0.0934. The van der Waals surface area contributed by atoms with Crippen LogP contribution in [0.5, 0.6) is 0 Å². The Morgan fingerprint density at radius 3 is 2.80 bits per heavy atom. The molecule has 0 aliphatic carbocycles. The molecule has 0 radical (unpaired) electrons. The average Bonchev–Trinajstić information content (AvgIpc) is 2.46. The first-order valence-electron chi connectivity index (χ1n) is 6.57. The number of hydrogen-bond donors (Lipinski definition) is 1. The summed E-state index contributed by atoms with van der Waals surface area (Å²) in [5.74, 6) is -1.77. The lowest BCUT2D eigenvalue weighted by Crippen LogP contribution is -2.44. The van der Waals surface area contributed by atoms with Gasteiger partial charge in [0.1, 0.15) is 0 Å². The lowest BCUT2D eigenvalue weighted by atomic mass is 9.96. The molecule has 20 heavy (non-hydrogen) atoms. The van der Waals surface area contributed by atoms with Crippen molar-refractivity contribution in [1.82, 2.24) is 4.90 Å². The van der Waals surface area contributed by atoms with Crippen molar-refractivity contribution in [3.63, 3.8) is 0 Å². The molecule has 1 aromatic rings. The summed E-state index contributed by atoms with van der Waals surface area (Å²) in [7, 11) is 0. The van der Waals surface area contributed by atoms with Gasteiger partial charge in [-0.3, -0.25) is 4.79 Å². The molecule has 1 aliphatic rings. The SMILES string of the molecule is NCc1cccc(C(=O)N2CCCC(C(F)(F)F)C2)c1. The van der Waals surface area contributed by atoms with E-state index < -0.39 is 12.1 Å². The zero-order valence-corrected chi connectivity index (χ0v) is 11.0. The van der Waals surface area contributed by atoms with Crippen molar-refractivity contribution in [2.75, 3.05) is 13.1 Å². The quantitative estimate of drug-likeness (QED) is 0.908. The van der Waals surface area contributed by atoms with Crippen LogP contribution in [0.15, 0.2) is 24.3 Å². The van der Waals surface area contributed by atoms with Crippen LogP contribution in [-0.2, 0) is 6.54 Å². The summed E-state index contributed by atoms with van der Waals surface area (Å²) < 4.78 is 38.2. The number of carbonyl (C=O) groups is 1. The van der Waals surface area contributed by atoms with E-state index in [0.717, 1.165) is 5.56 Å². The van der Waals surface area contributed by atoms with Crippen LogP contribution in [0.25, 0.3) is 0 Å². The number of nitrogens with two attached hydrogens (primary N) is 1. The number of alkyl halides is 3. The van der Waals surface area contributed by atoms with E-state index in [9.17, 15) is 18.0 Å². The highest BCUT2D eigenvalue weighted by molar-refractivity contribution is 5.94. The van der Waals surface area contributed by atoms with Crippen LogP contribution in [0.4, 0.5) is 13.2 Å². The second-order valence-electron chi connectivity index (χ2n) is 5.04. The van der Waals surface area contributed by atoms with Crippen LogP contribution in [0.2, 0.25) is 0 Å². The molecule has 1 aliphatic heterocycles. The van der Waals surface area contributed by atoms with Gasteiger partial charge < -0.3 is 10.6 Å². The van der Waals surface area contributed by atoms with E-state index in [1.54, 1.807) is 24.3 Å². The third kappa shape index (κ3) is 3.30. The Labute approximate surface area is 115 Å². The number of likely N-dealkylation sites (tertiary alicyclic amines) is 1. The number of benzene rings is 1. The smallest absolute Gasteiger partial charge is 0.338 e. The largest absolute Gasteiger partial charge is 0.393 e. The summed E-state index contributed by atoms with van der Waals surface area (Å²) in [6, 6.07) is 6.73. The van der Waals surface area contributed by atoms with E-state index in [1.807, 2.05) is 0 Å². The van der Waals surface area contributed by atoms with Crippen LogP contribution in [-0.4, -0.2) is 30.1 Å². The Bertz CT molecular complexity index is 488. The van der Waals surface area contributed by atoms with Crippen molar-refractivity contribution >= 4 is 5.91 Å². The number of hydrogen-bond acceptors (Lipinski definition) is 2. The molecule has 3 nitrogen and oxygen atoms in total. The normalized spacial score (nSPS) is 20.0. The van der Waals surface area contributed by atoms with Crippen molar-refractivity contribution in [3.8, 4) is 0 Å². The number of amides is 1. The molecule has 1 aromatic carbocycles. The maximum Gasteiger partial charge on any atom is 0.393 e. The van der Waals surface area contributed by atoms with Crippen LogP contribution < -0.4 is 5.73 Å². The topological polar surface area (TPSA) is 46.3 Å². The molecule has 0 saturated carbocycles. The number of rotatable bonds is 2. The van der Waals surface area contributed by atoms with Crippen molar-refractivity contribution < 1.29 is 18.0 Å². The van der Waals surface area contributed by atoms with Crippen molar-refractivity contribution in [2.45, 2.75) is 25.6 Å². The lowest BCUT2D eigenvalue weighted by Gasteiger charge is -2.33. The zero-order chi connectivity index (χ0) is 14.8. The van der Waals surface area contributed by atoms with Gasteiger partial charge in [-0.05, 0) is 30.5 Å². The summed E-state index contributed by atoms with van der Waals surface area (Å²) in [5, 5.41) is 0. The first kappa shape index (κ1) is 14.8. The predicted octanol–water partition coefficient (Wildman–Crippen LogP) is 2.56. The highest BCUT2D eigenvalue weighted by atomic mass is 19.4. The molecule has 1 fully saturated rings. The van der Waals surface area contributed by atoms with Crippen LogP contribution >= 0.6 is 0 Å². The molecule has 1 amide bonds. The van der Waals surface area contributed by atoms with Crippen molar-refractivity contribution in [1.29, 1.82) is 0 Å². The second kappa shape index (κ2) is 5.83. The molecular weight excluding hydrogens is 269 g/mol. The van der Waals surface area contributed by atoms with E-state index in [-0.39, 0.29) is 18.9 Å². The molecule has 2 rings (SSSR count). The Hall–Kier alpha value is -1.56. The fourth-order valence-corrected chi connectivity index (χ4v) is 2.44. The summed E-state index contributed by atoms with van der Waals surface area (Å²) in [6.45, 7) is 0.416. The summed E-state index contributed by atoms with van der Waals surface area (Å²) >= 11 is 0. The average molecular weight is 286 g/mol. The Morgan fingerprint density at radius 1 is 1.40 bits per heavy atom. The van der Waals surface area contributed by atoms with E-state index in [1.165, 1.54) is 4.90 Å². The minimum atomic E-state index is -4.24. The van der Waals surface area contributed by atoms with E-state index in [0.29, 0.717) is 25.1 Å². The Balaban J connectivity index is 2.12. The molecule has 0 spiro atoms. The maximum atomic E-state index is 12.7. The van der Waals surface area contributed by atoms with Crippen molar-refractivity contribution in [2.24, 2.45) is 11.7 Å². The molecule has 1 atom stereocenters. The maximum absolute atomic E-state index is 12.7. The molecule has 0 bridgehead atoms. The third-order valence-corrected chi connectivity index (χ3v) is 3.58. The van der Waals surface area contributed by atoms with Crippen LogP contribution in [0.3, 0.4) is 0 Å². The molecule has 2 N–H and O–H groups in total. The molecule has 0 aromatic heterocycles. The summed E-state index contributed by atoms with van der Waals surface area (Å²) in [4.78, 5) is 13.5. The number of halogens is 3. The fourth-order valence-electron chi connectivity index (χ4n) is 2.44. The number of nitrogens with zero attached hydrogens (tertiary/aromatic N) is 1. The number of carbonyl (C=O) groups excluding carboxylic acids is 1. The number of piperidine rings is 1. The first-order chi connectivity index (χ1) is 9.41. The first-order valence-corrected chi connectivity index (χ1v) is 6.57. The van der Waals surface area contributed by atoms with E-state index in [4.69, 9.17) is 5.73 Å². The van der Waals surface area contributed by atoms with Gasteiger partial charge in [-0.1, -0.05) is 12.1 Å².